The Morgan fingerprint density at radius 1 is 1.46 bits per heavy atom. The highest BCUT2D eigenvalue weighted by molar-refractivity contribution is 9.10. The van der Waals surface area contributed by atoms with Gasteiger partial charge in [0.15, 0.2) is 0 Å². The summed E-state index contributed by atoms with van der Waals surface area (Å²) in [6.45, 7) is 2.19. The van der Waals surface area contributed by atoms with E-state index in [1.165, 1.54) is 17.7 Å². The van der Waals surface area contributed by atoms with E-state index >= 15 is 0 Å². The highest BCUT2D eigenvalue weighted by atomic mass is 79.9. The first-order valence-corrected chi connectivity index (χ1v) is 6.30. The molecule has 0 saturated heterocycles. The molecule has 0 fully saturated rings. The summed E-state index contributed by atoms with van der Waals surface area (Å²) in [5, 5.41) is 0. The van der Waals surface area contributed by atoms with Crippen LogP contribution in [0.1, 0.15) is 18.9 Å². The molecule has 3 heteroatoms. The molecule has 0 aromatic heterocycles. The van der Waals surface area contributed by atoms with Crippen LogP contribution in [0.25, 0.3) is 0 Å². The highest BCUT2D eigenvalue weighted by Crippen LogP contribution is 2.22. The molecular weight excluding hydrogens is 246 g/mol. The number of thioether (sulfide) groups is 1. The highest BCUT2D eigenvalue weighted by Gasteiger charge is 1.99. The lowest BCUT2D eigenvalue weighted by atomic mass is 10.2. The predicted octanol–water partition coefficient (Wildman–Crippen LogP) is 3.67. The van der Waals surface area contributed by atoms with Gasteiger partial charge in [-0.05, 0) is 29.9 Å². The maximum Gasteiger partial charge on any atom is 0.0366 e. The number of halogens is 1. The average molecular weight is 260 g/mol. The van der Waals surface area contributed by atoms with Crippen molar-refractivity contribution in [1.82, 2.24) is 0 Å². The molecule has 0 bridgehead atoms. The summed E-state index contributed by atoms with van der Waals surface area (Å²) >= 11 is 5.32. The Morgan fingerprint density at radius 2 is 2.23 bits per heavy atom. The van der Waals surface area contributed by atoms with Crippen molar-refractivity contribution >= 4 is 33.4 Å². The summed E-state index contributed by atoms with van der Waals surface area (Å²) in [6.07, 6.45) is 1.22. The normalized spacial score (nSPS) is 10.3. The molecule has 0 amide bonds. The fraction of sp³-hybridized carbons (Fsp3) is 0.400. The lowest BCUT2D eigenvalue weighted by molar-refractivity contribution is 1.10. The molecule has 0 aliphatic heterocycles. The minimum absolute atomic E-state index is 0.887. The Labute approximate surface area is 92.2 Å². The van der Waals surface area contributed by atoms with Gasteiger partial charge in [0.1, 0.15) is 0 Å². The van der Waals surface area contributed by atoms with Gasteiger partial charge in [-0.3, -0.25) is 0 Å². The van der Waals surface area contributed by atoms with Crippen LogP contribution in [0.2, 0.25) is 0 Å². The molecule has 1 nitrogen and oxygen atoms in total. The van der Waals surface area contributed by atoms with E-state index in [1.807, 2.05) is 23.9 Å². The molecular formula is C10H14BrNS. The second-order valence-corrected chi connectivity index (χ2v) is 4.92. The van der Waals surface area contributed by atoms with E-state index < -0.39 is 0 Å². The monoisotopic (exact) mass is 259 g/mol. The van der Waals surface area contributed by atoms with Crippen molar-refractivity contribution < 1.29 is 0 Å². The largest absolute Gasteiger partial charge is 0.398 e. The minimum atomic E-state index is 0.887. The number of hydrogen-bond acceptors (Lipinski definition) is 2. The Hall–Kier alpha value is -0.150. The first-order valence-electron chi connectivity index (χ1n) is 4.35. The van der Waals surface area contributed by atoms with Gasteiger partial charge >= 0.3 is 0 Å². The smallest absolute Gasteiger partial charge is 0.0366 e. The number of hydrogen-bond donors (Lipinski definition) is 1. The third-order valence-corrected chi connectivity index (χ3v) is 3.42. The van der Waals surface area contributed by atoms with Gasteiger partial charge in [-0.25, -0.2) is 0 Å². The van der Waals surface area contributed by atoms with E-state index in [0.29, 0.717) is 0 Å². The first-order chi connectivity index (χ1) is 6.24. The van der Waals surface area contributed by atoms with Crippen LogP contribution in [0, 0.1) is 0 Å². The van der Waals surface area contributed by atoms with Crippen molar-refractivity contribution in [3.63, 3.8) is 0 Å². The van der Waals surface area contributed by atoms with Gasteiger partial charge in [-0.15, -0.1) is 0 Å². The molecule has 0 aliphatic carbocycles. The van der Waals surface area contributed by atoms with Gasteiger partial charge in [-0.2, -0.15) is 11.8 Å². The van der Waals surface area contributed by atoms with Crippen molar-refractivity contribution in [1.29, 1.82) is 0 Å². The summed E-state index contributed by atoms with van der Waals surface area (Å²) in [4.78, 5) is 0. The van der Waals surface area contributed by atoms with Crippen LogP contribution in [0.4, 0.5) is 5.69 Å². The van der Waals surface area contributed by atoms with E-state index in [0.717, 1.165) is 15.9 Å². The molecule has 2 N–H and O–H groups in total. The van der Waals surface area contributed by atoms with E-state index in [9.17, 15) is 0 Å². The maximum atomic E-state index is 5.86. The van der Waals surface area contributed by atoms with Crippen LogP contribution >= 0.6 is 27.7 Å². The van der Waals surface area contributed by atoms with Crippen LogP contribution in [0.5, 0.6) is 0 Å². The van der Waals surface area contributed by atoms with Gasteiger partial charge in [0.2, 0.25) is 0 Å². The van der Waals surface area contributed by atoms with Crippen molar-refractivity contribution in [2.24, 2.45) is 0 Å². The molecule has 0 unspecified atom stereocenters. The summed E-state index contributed by atoms with van der Waals surface area (Å²) in [5.74, 6) is 2.22. The van der Waals surface area contributed by atoms with Crippen LogP contribution in [0.15, 0.2) is 22.7 Å². The standard InChI is InChI=1S/C10H14BrNS/c1-2-5-13-7-8-3-4-9(11)6-10(8)12/h3-4,6H,2,5,7,12H2,1H3. The summed E-state index contributed by atoms with van der Waals surface area (Å²) in [6, 6.07) is 6.09. The van der Waals surface area contributed by atoms with Gasteiger partial charge in [0.05, 0.1) is 0 Å². The molecule has 0 spiro atoms. The Balaban J connectivity index is 2.56. The fourth-order valence-electron chi connectivity index (χ4n) is 1.02. The molecule has 1 aromatic carbocycles. The molecule has 0 saturated carbocycles. The Morgan fingerprint density at radius 3 is 2.85 bits per heavy atom. The number of rotatable bonds is 4. The third kappa shape index (κ3) is 3.61. The van der Waals surface area contributed by atoms with E-state index in [-0.39, 0.29) is 0 Å². The molecule has 13 heavy (non-hydrogen) atoms. The van der Waals surface area contributed by atoms with Crippen LogP contribution in [-0.2, 0) is 5.75 Å². The van der Waals surface area contributed by atoms with Gasteiger partial charge in [0, 0.05) is 15.9 Å². The fourth-order valence-corrected chi connectivity index (χ4v) is 2.32. The zero-order valence-electron chi connectivity index (χ0n) is 7.72. The number of benzene rings is 1. The second kappa shape index (κ2) is 5.55. The molecule has 0 heterocycles. The summed E-state index contributed by atoms with van der Waals surface area (Å²) in [5.41, 5.74) is 7.98. The SMILES string of the molecule is CCCSCc1ccc(Br)cc1N. The number of nitrogen functional groups attached to an aromatic ring is 1. The third-order valence-electron chi connectivity index (χ3n) is 1.71. The van der Waals surface area contributed by atoms with Gasteiger partial charge in [-0.1, -0.05) is 28.9 Å². The zero-order valence-corrected chi connectivity index (χ0v) is 10.1. The lowest BCUT2D eigenvalue weighted by Crippen LogP contribution is -1.92. The summed E-state index contributed by atoms with van der Waals surface area (Å²) in [7, 11) is 0. The molecule has 1 rings (SSSR count). The lowest BCUT2D eigenvalue weighted by Gasteiger charge is -2.04. The first kappa shape index (κ1) is 10.9. The quantitative estimate of drug-likeness (QED) is 0.660. The number of nitrogens with two attached hydrogens (primary N) is 1. The number of anilines is 1. The summed E-state index contributed by atoms with van der Waals surface area (Å²) < 4.78 is 1.05. The van der Waals surface area contributed by atoms with E-state index in [1.54, 1.807) is 0 Å². The Bertz CT molecular complexity index is 276. The van der Waals surface area contributed by atoms with Gasteiger partial charge in [0.25, 0.3) is 0 Å². The van der Waals surface area contributed by atoms with Crippen LogP contribution < -0.4 is 5.73 Å². The molecule has 1 aromatic rings. The van der Waals surface area contributed by atoms with Gasteiger partial charge < -0.3 is 5.73 Å². The van der Waals surface area contributed by atoms with Crippen molar-refractivity contribution in [3.05, 3.63) is 28.2 Å². The van der Waals surface area contributed by atoms with E-state index in [2.05, 4.69) is 28.9 Å². The topological polar surface area (TPSA) is 26.0 Å². The van der Waals surface area contributed by atoms with Crippen molar-refractivity contribution in [2.75, 3.05) is 11.5 Å². The minimum Gasteiger partial charge on any atom is -0.398 e. The average Bonchev–Trinajstić information content (AvgIpc) is 2.09. The zero-order chi connectivity index (χ0) is 9.68. The maximum absolute atomic E-state index is 5.86. The molecule has 0 radical (unpaired) electrons. The second-order valence-electron chi connectivity index (χ2n) is 2.90. The molecule has 72 valence electrons. The molecule has 0 aliphatic rings. The van der Waals surface area contributed by atoms with Crippen molar-refractivity contribution in [3.8, 4) is 0 Å². The molecule has 0 atom stereocenters. The van der Waals surface area contributed by atoms with Crippen LogP contribution in [0.3, 0.4) is 0 Å². The Kier molecular flexibility index (Phi) is 4.67. The van der Waals surface area contributed by atoms with Crippen molar-refractivity contribution in [2.45, 2.75) is 19.1 Å². The van der Waals surface area contributed by atoms with E-state index in [4.69, 9.17) is 5.73 Å². The predicted molar refractivity (Wildman–Crippen MR) is 65.0 cm³/mol. The van der Waals surface area contributed by atoms with Crippen LogP contribution in [-0.4, -0.2) is 5.75 Å².